The van der Waals surface area contributed by atoms with Crippen molar-refractivity contribution in [1.82, 2.24) is 5.32 Å². The van der Waals surface area contributed by atoms with Crippen molar-refractivity contribution in [3.05, 3.63) is 24.3 Å². The third kappa shape index (κ3) is 5.35. The largest absolute Gasteiger partial charge is 0.501 e. The average molecular weight is 376 g/mol. The number of nitriles is 1. The number of anilines is 1. The first-order valence-corrected chi connectivity index (χ1v) is 8.68. The lowest BCUT2D eigenvalue weighted by Gasteiger charge is -2.24. The quantitative estimate of drug-likeness (QED) is 0.365. The summed E-state index contributed by atoms with van der Waals surface area (Å²) in [7, 11) is -5.40. The third-order valence-corrected chi connectivity index (χ3v) is 4.98. The van der Waals surface area contributed by atoms with E-state index in [-0.39, 0.29) is 23.1 Å². The second-order valence-corrected chi connectivity index (χ2v) is 8.30. The van der Waals surface area contributed by atoms with Crippen LogP contribution in [0.25, 0.3) is 0 Å². The summed E-state index contributed by atoms with van der Waals surface area (Å²) in [5, 5.41) is 13.9. The SMILES string of the molecule is C[C@H](N=C(NC#N)Nc1ccc(S(=O)(=O)C(F)(F)F)cc1)C(C)(C)C. The van der Waals surface area contributed by atoms with Crippen molar-refractivity contribution in [2.75, 3.05) is 5.32 Å². The molecule has 2 N–H and O–H groups in total. The van der Waals surface area contributed by atoms with Crippen LogP contribution in [0.5, 0.6) is 0 Å². The lowest BCUT2D eigenvalue weighted by atomic mass is 9.88. The lowest BCUT2D eigenvalue weighted by molar-refractivity contribution is -0.0436. The summed E-state index contributed by atoms with van der Waals surface area (Å²) in [6, 6.07) is 3.83. The van der Waals surface area contributed by atoms with Crippen molar-refractivity contribution >= 4 is 21.5 Å². The highest BCUT2D eigenvalue weighted by Gasteiger charge is 2.46. The second kappa shape index (κ2) is 7.31. The topological polar surface area (TPSA) is 94.3 Å². The summed E-state index contributed by atoms with van der Waals surface area (Å²) in [5.41, 5.74) is -5.25. The normalized spacial score (nSPS) is 14.6. The lowest BCUT2D eigenvalue weighted by Crippen LogP contribution is -2.31. The third-order valence-electron chi connectivity index (χ3n) is 3.48. The van der Waals surface area contributed by atoms with Gasteiger partial charge in [-0.1, -0.05) is 20.8 Å². The summed E-state index contributed by atoms with van der Waals surface area (Å²) in [4.78, 5) is 3.46. The number of nitrogens with one attached hydrogen (secondary N) is 2. The highest BCUT2D eigenvalue weighted by molar-refractivity contribution is 7.92. The Balaban J connectivity index is 3.06. The van der Waals surface area contributed by atoms with Gasteiger partial charge >= 0.3 is 5.51 Å². The van der Waals surface area contributed by atoms with Gasteiger partial charge in [-0.25, -0.2) is 13.4 Å². The first-order chi connectivity index (χ1) is 11.3. The Kier molecular flexibility index (Phi) is 6.07. The predicted octanol–water partition coefficient (Wildman–Crippen LogP) is 3.25. The first kappa shape index (κ1) is 20.8. The van der Waals surface area contributed by atoms with Gasteiger partial charge in [0, 0.05) is 5.69 Å². The molecular weight excluding hydrogens is 357 g/mol. The van der Waals surface area contributed by atoms with E-state index in [9.17, 15) is 21.6 Å². The molecule has 0 aliphatic heterocycles. The molecule has 25 heavy (non-hydrogen) atoms. The van der Waals surface area contributed by atoms with Gasteiger partial charge in [-0.2, -0.15) is 18.4 Å². The van der Waals surface area contributed by atoms with E-state index in [4.69, 9.17) is 5.26 Å². The van der Waals surface area contributed by atoms with Gasteiger partial charge in [0.1, 0.15) is 0 Å². The standard InChI is InChI=1S/C15H19F3N4O2S/c1-10(14(2,3)4)21-13(20-9-19)22-11-5-7-12(8-6-11)25(23,24)15(16,17)18/h5-8,10H,1-4H3,(H2,20,21,22)/t10-/m0/s1. The first-order valence-electron chi connectivity index (χ1n) is 7.20. The van der Waals surface area contributed by atoms with E-state index < -0.39 is 20.2 Å². The van der Waals surface area contributed by atoms with E-state index in [0.717, 1.165) is 24.3 Å². The Morgan fingerprint density at radius 3 is 2.12 bits per heavy atom. The molecule has 1 atom stereocenters. The van der Waals surface area contributed by atoms with Gasteiger partial charge in [0.05, 0.1) is 10.9 Å². The van der Waals surface area contributed by atoms with E-state index in [1.165, 1.54) is 0 Å². The average Bonchev–Trinajstić information content (AvgIpc) is 2.45. The molecule has 1 aromatic rings. The van der Waals surface area contributed by atoms with E-state index >= 15 is 0 Å². The molecule has 0 fully saturated rings. The number of benzene rings is 1. The predicted molar refractivity (Wildman–Crippen MR) is 88.4 cm³/mol. The summed E-state index contributed by atoms with van der Waals surface area (Å²) >= 11 is 0. The van der Waals surface area contributed by atoms with Crippen molar-refractivity contribution in [3.8, 4) is 6.19 Å². The Bertz CT molecular complexity index is 773. The van der Waals surface area contributed by atoms with Crippen LogP contribution in [-0.2, 0) is 9.84 Å². The molecule has 6 nitrogen and oxygen atoms in total. The van der Waals surface area contributed by atoms with Crippen LogP contribution in [0.1, 0.15) is 27.7 Å². The number of aliphatic imine (C=N–C) groups is 1. The molecule has 0 spiro atoms. The van der Waals surface area contributed by atoms with Gasteiger partial charge in [-0.15, -0.1) is 0 Å². The van der Waals surface area contributed by atoms with Gasteiger partial charge in [-0.05, 0) is 36.6 Å². The van der Waals surface area contributed by atoms with Crippen LogP contribution in [0.2, 0.25) is 0 Å². The summed E-state index contributed by atoms with van der Waals surface area (Å²) in [6.07, 6.45) is 1.71. The van der Waals surface area contributed by atoms with Crippen LogP contribution >= 0.6 is 0 Å². The fourth-order valence-corrected chi connectivity index (χ4v) is 2.29. The van der Waals surface area contributed by atoms with E-state index in [2.05, 4.69) is 15.6 Å². The Morgan fingerprint density at radius 2 is 1.72 bits per heavy atom. The second-order valence-electron chi connectivity index (χ2n) is 6.36. The smallest absolute Gasteiger partial charge is 0.326 e. The Morgan fingerprint density at radius 1 is 1.20 bits per heavy atom. The van der Waals surface area contributed by atoms with Crippen molar-refractivity contribution in [1.29, 1.82) is 5.26 Å². The van der Waals surface area contributed by atoms with Crippen molar-refractivity contribution in [2.45, 2.75) is 44.1 Å². The van der Waals surface area contributed by atoms with Crippen LogP contribution in [0.3, 0.4) is 0 Å². The Labute approximate surface area is 144 Å². The molecule has 0 radical (unpaired) electrons. The molecule has 0 unspecified atom stereocenters. The van der Waals surface area contributed by atoms with Crippen molar-refractivity contribution in [3.63, 3.8) is 0 Å². The Hall–Kier alpha value is -2.28. The van der Waals surface area contributed by atoms with Gasteiger partial charge in [-0.3, -0.25) is 5.32 Å². The molecule has 0 saturated carbocycles. The molecule has 138 valence electrons. The van der Waals surface area contributed by atoms with Crippen LogP contribution in [0, 0.1) is 16.9 Å². The zero-order chi connectivity index (χ0) is 19.5. The highest BCUT2D eigenvalue weighted by Crippen LogP contribution is 2.30. The number of hydrogen-bond acceptors (Lipinski definition) is 4. The molecule has 10 heteroatoms. The number of hydrogen-bond donors (Lipinski definition) is 2. The summed E-state index contributed by atoms with van der Waals surface area (Å²) in [6.45, 7) is 7.73. The molecule has 1 rings (SSSR count). The molecule has 0 aromatic heterocycles. The van der Waals surface area contributed by atoms with Gasteiger partial charge < -0.3 is 5.32 Å². The zero-order valence-electron chi connectivity index (χ0n) is 14.1. The highest BCUT2D eigenvalue weighted by atomic mass is 32.2. The zero-order valence-corrected chi connectivity index (χ0v) is 15.0. The van der Waals surface area contributed by atoms with E-state index in [1.807, 2.05) is 27.7 Å². The van der Waals surface area contributed by atoms with Crippen LogP contribution in [0.4, 0.5) is 18.9 Å². The summed E-state index contributed by atoms with van der Waals surface area (Å²) < 4.78 is 60.2. The van der Waals surface area contributed by atoms with Crippen LogP contribution < -0.4 is 10.6 Å². The number of guanidine groups is 1. The van der Waals surface area contributed by atoms with E-state index in [1.54, 1.807) is 6.19 Å². The van der Waals surface area contributed by atoms with Crippen LogP contribution in [0.15, 0.2) is 34.2 Å². The number of rotatable bonds is 3. The molecule has 1 aromatic carbocycles. The minimum Gasteiger partial charge on any atom is -0.326 e. The number of nitrogens with zero attached hydrogens (tertiary/aromatic N) is 2. The molecule has 0 heterocycles. The maximum atomic E-state index is 12.5. The minimum atomic E-state index is -5.40. The van der Waals surface area contributed by atoms with Gasteiger partial charge in [0.15, 0.2) is 6.19 Å². The fraction of sp³-hybridized carbons (Fsp3) is 0.467. The fourth-order valence-electron chi connectivity index (χ4n) is 1.52. The van der Waals surface area contributed by atoms with Gasteiger partial charge in [0.25, 0.3) is 9.84 Å². The molecule has 0 saturated heterocycles. The summed E-state index contributed by atoms with van der Waals surface area (Å²) in [5.74, 6) is 0.108. The molecule has 0 aliphatic rings. The molecule has 0 amide bonds. The molecule has 0 bridgehead atoms. The number of halogens is 3. The van der Waals surface area contributed by atoms with Crippen molar-refractivity contribution in [2.24, 2.45) is 10.4 Å². The maximum Gasteiger partial charge on any atom is 0.501 e. The van der Waals surface area contributed by atoms with Gasteiger partial charge in [0.2, 0.25) is 5.96 Å². The van der Waals surface area contributed by atoms with Crippen molar-refractivity contribution < 1.29 is 21.6 Å². The number of alkyl halides is 3. The number of sulfone groups is 1. The van der Waals surface area contributed by atoms with E-state index in [0.29, 0.717) is 0 Å². The minimum absolute atomic E-state index is 0.108. The molecular formula is C15H19F3N4O2S. The molecule has 0 aliphatic carbocycles. The monoisotopic (exact) mass is 376 g/mol. The van der Waals surface area contributed by atoms with Crippen LogP contribution in [-0.4, -0.2) is 25.9 Å². The maximum absolute atomic E-state index is 12.5.